The van der Waals surface area contributed by atoms with Gasteiger partial charge in [0, 0.05) is 22.0 Å². The second-order valence-corrected chi connectivity index (χ2v) is 9.20. The maximum absolute atomic E-state index is 14.7. The standard InChI is InChI=1S/C30H21F4N3O/c31-24-11-13-25(14-12-24)37-27-15-10-23(16-22(27)18-35-37)29(38,30(32,33)34)19-36-26-9-5-4-8-21(26)17-28(36)20-6-2-1-3-7-20/h1-18,38H,19H2. The zero-order valence-corrected chi connectivity index (χ0v) is 19.9. The number of alkyl halides is 3. The number of fused-ring (bicyclic) bond motifs is 2. The van der Waals surface area contributed by atoms with E-state index in [0.29, 0.717) is 27.8 Å². The van der Waals surface area contributed by atoms with E-state index in [9.17, 15) is 22.7 Å². The molecule has 0 amide bonds. The molecule has 6 aromatic rings. The first kappa shape index (κ1) is 23.9. The minimum absolute atomic E-state index is 0.298. The van der Waals surface area contributed by atoms with Crippen molar-refractivity contribution < 1.29 is 22.7 Å². The molecule has 8 heteroatoms. The lowest BCUT2D eigenvalue weighted by Gasteiger charge is -2.32. The van der Waals surface area contributed by atoms with Gasteiger partial charge in [-0.2, -0.15) is 18.3 Å². The normalized spacial score (nSPS) is 13.7. The van der Waals surface area contributed by atoms with Crippen LogP contribution in [0.25, 0.3) is 38.8 Å². The molecule has 0 aliphatic carbocycles. The highest BCUT2D eigenvalue weighted by Gasteiger charge is 2.55. The van der Waals surface area contributed by atoms with Gasteiger partial charge >= 0.3 is 6.18 Å². The van der Waals surface area contributed by atoms with E-state index in [1.807, 2.05) is 48.5 Å². The Morgan fingerprint density at radius 3 is 2.18 bits per heavy atom. The maximum Gasteiger partial charge on any atom is 0.423 e. The third kappa shape index (κ3) is 3.94. The number of hydrogen-bond acceptors (Lipinski definition) is 2. The predicted octanol–water partition coefficient (Wildman–Crippen LogP) is 7.24. The van der Waals surface area contributed by atoms with Crippen LogP contribution in [-0.4, -0.2) is 25.6 Å². The number of halogens is 4. The van der Waals surface area contributed by atoms with Gasteiger partial charge in [0.25, 0.3) is 0 Å². The van der Waals surface area contributed by atoms with Gasteiger partial charge in [-0.25, -0.2) is 9.07 Å². The number of nitrogens with zero attached hydrogens (tertiary/aromatic N) is 3. The van der Waals surface area contributed by atoms with Crippen molar-refractivity contribution in [2.24, 2.45) is 0 Å². The molecule has 0 aliphatic rings. The topological polar surface area (TPSA) is 43.0 Å². The molecule has 0 saturated carbocycles. The lowest BCUT2D eigenvalue weighted by molar-refractivity contribution is -0.271. The summed E-state index contributed by atoms with van der Waals surface area (Å²) in [7, 11) is 0. The fourth-order valence-corrected chi connectivity index (χ4v) is 4.88. The second kappa shape index (κ2) is 8.85. The van der Waals surface area contributed by atoms with Gasteiger partial charge in [-0.3, -0.25) is 0 Å². The van der Waals surface area contributed by atoms with Crippen LogP contribution in [-0.2, 0) is 12.1 Å². The molecule has 0 radical (unpaired) electrons. The van der Waals surface area contributed by atoms with Crippen molar-refractivity contribution in [3.05, 3.63) is 121 Å². The summed E-state index contributed by atoms with van der Waals surface area (Å²) in [6, 6.07) is 27.8. The minimum atomic E-state index is -4.98. The zero-order valence-electron chi connectivity index (χ0n) is 19.9. The van der Waals surface area contributed by atoms with Gasteiger partial charge in [0.15, 0.2) is 0 Å². The fourth-order valence-electron chi connectivity index (χ4n) is 4.88. The third-order valence-corrected chi connectivity index (χ3v) is 6.85. The summed E-state index contributed by atoms with van der Waals surface area (Å²) in [6.07, 6.45) is -3.55. The summed E-state index contributed by atoms with van der Waals surface area (Å²) in [6.45, 7) is -0.744. The van der Waals surface area contributed by atoms with E-state index in [-0.39, 0.29) is 5.56 Å². The van der Waals surface area contributed by atoms with Crippen molar-refractivity contribution in [3.63, 3.8) is 0 Å². The fraction of sp³-hybridized carbons (Fsp3) is 0.100. The Labute approximate surface area is 215 Å². The van der Waals surface area contributed by atoms with E-state index in [1.54, 1.807) is 12.1 Å². The number of aliphatic hydroxyl groups is 1. The van der Waals surface area contributed by atoms with Gasteiger partial charge in [-0.1, -0.05) is 54.6 Å². The van der Waals surface area contributed by atoms with Gasteiger partial charge < -0.3 is 9.67 Å². The molecule has 4 nitrogen and oxygen atoms in total. The Morgan fingerprint density at radius 1 is 0.737 bits per heavy atom. The first-order valence-corrected chi connectivity index (χ1v) is 11.9. The van der Waals surface area contributed by atoms with Gasteiger partial charge in [-0.05, 0) is 59.7 Å². The van der Waals surface area contributed by atoms with E-state index in [4.69, 9.17) is 0 Å². The van der Waals surface area contributed by atoms with E-state index in [0.717, 1.165) is 10.9 Å². The molecule has 2 heterocycles. The van der Waals surface area contributed by atoms with Crippen LogP contribution < -0.4 is 0 Å². The van der Waals surface area contributed by atoms with Crippen molar-refractivity contribution >= 4 is 21.8 Å². The van der Waals surface area contributed by atoms with E-state index < -0.39 is 24.1 Å². The smallest absolute Gasteiger partial charge is 0.375 e. The molecule has 2 aromatic heterocycles. The molecule has 0 fully saturated rings. The Hall–Kier alpha value is -4.43. The van der Waals surface area contributed by atoms with Crippen molar-refractivity contribution in [2.45, 2.75) is 18.3 Å². The average molecular weight is 516 g/mol. The Kier molecular flexibility index (Phi) is 5.57. The zero-order chi connectivity index (χ0) is 26.5. The Balaban J connectivity index is 1.48. The first-order valence-electron chi connectivity index (χ1n) is 11.9. The number of para-hydroxylation sites is 1. The summed E-state index contributed by atoms with van der Waals surface area (Å²) in [5.41, 5.74) is -0.506. The third-order valence-electron chi connectivity index (χ3n) is 6.85. The summed E-state index contributed by atoms with van der Waals surface area (Å²) >= 11 is 0. The van der Waals surface area contributed by atoms with Crippen LogP contribution in [0.15, 0.2) is 109 Å². The molecule has 4 aromatic carbocycles. The van der Waals surface area contributed by atoms with Crippen LogP contribution in [0.1, 0.15) is 5.56 Å². The summed E-state index contributed by atoms with van der Waals surface area (Å²) in [5.74, 6) is -0.407. The maximum atomic E-state index is 14.7. The highest BCUT2D eigenvalue weighted by molar-refractivity contribution is 5.87. The van der Waals surface area contributed by atoms with Crippen LogP contribution in [0.3, 0.4) is 0 Å². The Morgan fingerprint density at radius 2 is 1.45 bits per heavy atom. The largest absolute Gasteiger partial charge is 0.423 e. The van der Waals surface area contributed by atoms with Gasteiger partial charge in [-0.15, -0.1) is 0 Å². The SMILES string of the molecule is OC(Cn1c(-c2ccccc2)cc2ccccc21)(c1ccc2c(cnn2-c2ccc(F)cc2)c1)C(F)(F)F. The van der Waals surface area contributed by atoms with E-state index in [2.05, 4.69) is 5.10 Å². The highest BCUT2D eigenvalue weighted by atomic mass is 19.4. The Bertz CT molecular complexity index is 1750. The molecule has 6 rings (SSSR count). The monoisotopic (exact) mass is 515 g/mol. The van der Waals surface area contributed by atoms with Gasteiger partial charge in [0.2, 0.25) is 5.60 Å². The summed E-state index contributed by atoms with van der Waals surface area (Å²) < 4.78 is 60.5. The van der Waals surface area contributed by atoms with Crippen LogP contribution in [0.5, 0.6) is 0 Å². The van der Waals surface area contributed by atoms with Gasteiger partial charge in [0.05, 0.1) is 23.9 Å². The molecule has 0 bridgehead atoms. The van der Waals surface area contributed by atoms with Crippen molar-refractivity contribution in [3.8, 4) is 16.9 Å². The van der Waals surface area contributed by atoms with Gasteiger partial charge in [0.1, 0.15) is 5.82 Å². The average Bonchev–Trinajstić information content (AvgIpc) is 3.50. The van der Waals surface area contributed by atoms with Crippen molar-refractivity contribution in [2.75, 3.05) is 0 Å². The minimum Gasteiger partial charge on any atom is -0.375 e. The van der Waals surface area contributed by atoms with Crippen molar-refractivity contribution in [1.29, 1.82) is 0 Å². The number of benzene rings is 4. The lowest BCUT2D eigenvalue weighted by atomic mass is 9.91. The van der Waals surface area contributed by atoms with Crippen LogP contribution in [0.4, 0.5) is 17.6 Å². The molecule has 0 spiro atoms. The molecule has 1 unspecified atom stereocenters. The van der Waals surface area contributed by atoms with E-state index in [1.165, 1.54) is 57.9 Å². The van der Waals surface area contributed by atoms with Crippen LogP contribution in [0.2, 0.25) is 0 Å². The lowest BCUT2D eigenvalue weighted by Crippen LogP contribution is -2.46. The van der Waals surface area contributed by atoms with Crippen LogP contribution >= 0.6 is 0 Å². The molecular formula is C30H21F4N3O. The molecule has 0 saturated heterocycles. The highest BCUT2D eigenvalue weighted by Crippen LogP contribution is 2.43. The number of hydrogen-bond donors (Lipinski definition) is 1. The molecule has 1 atom stereocenters. The summed E-state index contributed by atoms with van der Waals surface area (Å²) in [4.78, 5) is 0. The number of rotatable bonds is 5. The van der Waals surface area contributed by atoms with Crippen molar-refractivity contribution in [1.82, 2.24) is 14.3 Å². The first-order chi connectivity index (χ1) is 18.2. The molecule has 38 heavy (non-hydrogen) atoms. The van der Waals surface area contributed by atoms with Crippen LogP contribution in [0, 0.1) is 5.82 Å². The molecule has 190 valence electrons. The summed E-state index contributed by atoms with van der Waals surface area (Å²) in [5, 5.41) is 16.9. The van der Waals surface area contributed by atoms with E-state index >= 15 is 0 Å². The molecule has 1 N–H and O–H groups in total. The quantitative estimate of drug-likeness (QED) is 0.246. The number of aromatic nitrogens is 3. The molecular weight excluding hydrogens is 494 g/mol. The predicted molar refractivity (Wildman–Crippen MR) is 138 cm³/mol. The second-order valence-electron chi connectivity index (χ2n) is 9.20. The molecule has 0 aliphatic heterocycles.